The van der Waals surface area contributed by atoms with Gasteiger partial charge in [-0.2, -0.15) is 0 Å². The van der Waals surface area contributed by atoms with E-state index in [2.05, 4.69) is 30.4 Å². The van der Waals surface area contributed by atoms with Crippen molar-refractivity contribution in [3.63, 3.8) is 0 Å². The fourth-order valence-corrected chi connectivity index (χ4v) is 2.24. The first kappa shape index (κ1) is 13.7. The van der Waals surface area contributed by atoms with E-state index in [1.807, 2.05) is 0 Å². The van der Waals surface area contributed by atoms with E-state index in [4.69, 9.17) is 21.1 Å². The lowest BCUT2D eigenvalue weighted by atomic mass is 10.1. The Bertz CT molecular complexity index is 384. The number of halogens is 1. The summed E-state index contributed by atoms with van der Waals surface area (Å²) >= 11 is 5.52. The van der Waals surface area contributed by atoms with Crippen LogP contribution in [0.3, 0.4) is 0 Å². The molecule has 1 unspecified atom stereocenters. The van der Waals surface area contributed by atoms with Crippen LogP contribution in [0.4, 0.5) is 0 Å². The zero-order chi connectivity index (χ0) is 12.8. The summed E-state index contributed by atoms with van der Waals surface area (Å²) in [7, 11) is 0. The van der Waals surface area contributed by atoms with Crippen molar-refractivity contribution in [2.75, 3.05) is 32.2 Å². The summed E-state index contributed by atoms with van der Waals surface area (Å²) in [6.07, 6.45) is 1.24. The number of ether oxygens (including phenoxy) is 2. The number of fused-ring (bicyclic) bond motifs is 1. The number of alkyl halides is 1. The van der Waals surface area contributed by atoms with Gasteiger partial charge in [0.15, 0.2) is 0 Å². The van der Waals surface area contributed by atoms with Gasteiger partial charge in [0.05, 0.1) is 13.2 Å². The predicted molar refractivity (Wildman–Crippen MR) is 73.7 cm³/mol. The van der Waals surface area contributed by atoms with E-state index in [-0.39, 0.29) is 6.10 Å². The standard InChI is InChI=1S/C14H20ClNO2/c1-11-2-3-14-12(8-11)9-13(18-14)10-16-5-7-17-6-4-15/h2-3,8,13,16H,4-7,9-10H2,1H3. The van der Waals surface area contributed by atoms with Gasteiger partial charge in [0.2, 0.25) is 0 Å². The number of rotatable bonds is 7. The average molecular weight is 270 g/mol. The van der Waals surface area contributed by atoms with Crippen LogP contribution < -0.4 is 10.1 Å². The van der Waals surface area contributed by atoms with Gasteiger partial charge in [-0.3, -0.25) is 0 Å². The zero-order valence-corrected chi connectivity index (χ0v) is 11.5. The van der Waals surface area contributed by atoms with E-state index in [0.29, 0.717) is 19.1 Å². The van der Waals surface area contributed by atoms with Crippen molar-refractivity contribution in [3.8, 4) is 5.75 Å². The van der Waals surface area contributed by atoms with Crippen LogP contribution in [0.2, 0.25) is 0 Å². The molecule has 3 nitrogen and oxygen atoms in total. The van der Waals surface area contributed by atoms with Gasteiger partial charge in [-0.25, -0.2) is 0 Å². The molecule has 1 N–H and O–H groups in total. The van der Waals surface area contributed by atoms with Crippen LogP contribution in [0.15, 0.2) is 18.2 Å². The Morgan fingerprint density at radius 1 is 1.44 bits per heavy atom. The molecule has 18 heavy (non-hydrogen) atoms. The fourth-order valence-electron chi connectivity index (χ4n) is 2.13. The monoisotopic (exact) mass is 269 g/mol. The molecule has 0 radical (unpaired) electrons. The fraction of sp³-hybridized carbons (Fsp3) is 0.571. The first-order valence-electron chi connectivity index (χ1n) is 6.40. The smallest absolute Gasteiger partial charge is 0.123 e. The molecule has 2 rings (SSSR count). The molecule has 0 saturated heterocycles. The van der Waals surface area contributed by atoms with Crippen molar-refractivity contribution in [3.05, 3.63) is 29.3 Å². The van der Waals surface area contributed by atoms with Gasteiger partial charge in [0.25, 0.3) is 0 Å². The second-order valence-electron chi connectivity index (χ2n) is 4.56. The molecule has 1 atom stereocenters. The SMILES string of the molecule is Cc1ccc2c(c1)CC(CNCCOCCCl)O2. The summed E-state index contributed by atoms with van der Waals surface area (Å²) in [5.74, 6) is 1.59. The van der Waals surface area contributed by atoms with Gasteiger partial charge in [0, 0.05) is 25.4 Å². The molecule has 1 aliphatic heterocycles. The highest BCUT2D eigenvalue weighted by atomic mass is 35.5. The second-order valence-corrected chi connectivity index (χ2v) is 4.94. The Kier molecular flexibility index (Phi) is 5.29. The lowest BCUT2D eigenvalue weighted by Gasteiger charge is -2.11. The minimum Gasteiger partial charge on any atom is -0.488 e. The molecule has 0 bridgehead atoms. The molecule has 0 fully saturated rings. The van der Waals surface area contributed by atoms with Gasteiger partial charge in [-0.1, -0.05) is 17.7 Å². The van der Waals surface area contributed by atoms with Gasteiger partial charge >= 0.3 is 0 Å². The van der Waals surface area contributed by atoms with Gasteiger partial charge in [-0.05, 0) is 18.6 Å². The average Bonchev–Trinajstić information content (AvgIpc) is 2.75. The first-order chi connectivity index (χ1) is 8.79. The van der Waals surface area contributed by atoms with Gasteiger partial charge < -0.3 is 14.8 Å². The molecule has 0 aliphatic carbocycles. The molecule has 100 valence electrons. The predicted octanol–water partition coefficient (Wildman–Crippen LogP) is 2.14. The lowest BCUT2D eigenvalue weighted by molar-refractivity contribution is 0.146. The highest BCUT2D eigenvalue weighted by molar-refractivity contribution is 6.17. The van der Waals surface area contributed by atoms with Crippen LogP contribution in [0, 0.1) is 6.92 Å². The molecule has 1 heterocycles. The number of nitrogens with one attached hydrogen (secondary N) is 1. The first-order valence-corrected chi connectivity index (χ1v) is 6.93. The molecular formula is C14H20ClNO2. The van der Waals surface area contributed by atoms with Crippen LogP contribution >= 0.6 is 11.6 Å². The Balaban J connectivity index is 1.65. The highest BCUT2D eigenvalue weighted by Crippen LogP contribution is 2.29. The van der Waals surface area contributed by atoms with E-state index in [1.54, 1.807) is 0 Å². The summed E-state index contributed by atoms with van der Waals surface area (Å²) in [5.41, 5.74) is 2.61. The third-order valence-corrected chi connectivity index (χ3v) is 3.13. The van der Waals surface area contributed by atoms with Crippen molar-refractivity contribution >= 4 is 11.6 Å². The maximum atomic E-state index is 5.87. The van der Waals surface area contributed by atoms with E-state index >= 15 is 0 Å². The van der Waals surface area contributed by atoms with Crippen LogP contribution in [0.25, 0.3) is 0 Å². The molecule has 1 aromatic carbocycles. The van der Waals surface area contributed by atoms with E-state index in [0.717, 1.165) is 25.3 Å². The number of aryl methyl sites for hydroxylation is 1. The van der Waals surface area contributed by atoms with Crippen LogP contribution in [-0.2, 0) is 11.2 Å². The Labute approximate surface area is 113 Å². The molecule has 1 aromatic rings. The van der Waals surface area contributed by atoms with E-state index in [1.165, 1.54) is 11.1 Å². The largest absolute Gasteiger partial charge is 0.488 e. The summed E-state index contributed by atoms with van der Waals surface area (Å²) in [4.78, 5) is 0. The minimum atomic E-state index is 0.245. The van der Waals surface area contributed by atoms with Gasteiger partial charge in [0.1, 0.15) is 11.9 Å². The number of benzene rings is 1. The van der Waals surface area contributed by atoms with Gasteiger partial charge in [-0.15, -0.1) is 11.6 Å². The minimum absolute atomic E-state index is 0.245. The summed E-state index contributed by atoms with van der Waals surface area (Å²) in [5, 5.41) is 3.34. The highest BCUT2D eigenvalue weighted by Gasteiger charge is 2.21. The quantitative estimate of drug-likeness (QED) is 0.608. The van der Waals surface area contributed by atoms with E-state index < -0.39 is 0 Å². The maximum absolute atomic E-state index is 5.87. The number of hydrogen-bond acceptors (Lipinski definition) is 3. The molecule has 0 saturated carbocycles. The topological polar surface area (TPSA) is 30.5 Å². The summed E-state index contributed by atoms with van der Waals surface area (Å²) < 4.78 is 11.2. The van der Waals surface area contributed by atoms with Crippen molar-refractivity contribution in [1.29, 1.82) is 0 Å². The third-order valence-electron chi connectivity index (χ3n) is 2.97. The molecule has 1 aliphatic rings. The summed E-state index contributed by atoms with van der Waals surface area (Å²) in [6, 6.07) is 6.36. The Morgan fingerprint density at radius 2 is 2.33 bits per heavy atom. The number of hydrogen-bond donors (Lipinski definition) is 1. The normalized spacial score (nSPS) is 17.6. The van der Waals surface area contributed by atoms with Crippen LogP contribution in [0.1, 0.15) is 11.1 Å². The molecular weight excluding hydrogens is 250 g/mol. The third kappa shape index (κ3) is 3.87. The van der Waals surface area contributed by atoms with Crippen molar-refractivity contribution < 1.29 is 9.47 Å². The molecule has 0 spiro atoms. The maximum Gasteiger partial charge on any atom is 0.123 e. The Hall–Kier alpha value is -0.770. The van der Waals surface area contributed by atoms with Crippen molar-refractivity contribution in [1.82, 2.24) is 5.32 Å². The molecule has 0 amide bonds. The molecule has 4 heteroatoms. The van der Waals surface area contributed by atoms with Crippen LogP contribution in [0.5, 0.6) is 5.75 Å². The zero-order valence-electron chi connectivity index (χ0n) is 10.7. The second kappa shape index (κ2) is 6.98. The Morgan fingerprint density at radius 3 is 3.17 bits per heavy atom. The van der Waals surface area contributed by atoms with Crippen molar-refractivity contribution in [2.24, 2.45) is 0 Å². The van der Waals surface area contributed by atoms with E-state index in [9.17, 15) is 0 Å². The lowest BCUT2D eigenvalue weighted by Crippen LogP contribution is -2.32. The van der Waals surface area contributed by atoms with Crippen molar-refractivity contribution in [2.45, 2.75) is 19.4 Å². The summed E-state index contributed by atoms with van der Waals surface area (Å²) in [6.45, 7) is 5.13. The molecule has 0 aromatic heterocycles. The van der Waals surface area contributed by atoms with Crippen LogP contribution in [-0.4, -0.2) is 38.3 Å².